The first-order valence-electron chi connectivity index (χ1n) is 4.91. The predicted octanol–water partition coefficient (Wildman–Crippen LogP) is 2.90. The summed E-state index contributed by atoms with van der Waals surface area (Å²) in [6.45, 7) is 6.12. The zero-order valence-corrected chi connectivity index (χ0v) is 10.5. The molecule has 0 fully saturated rings. The number of ether oxygens (including phenoxy) is 1. The Morgan fingerprint density at radius 2 is 2.33 bits per heavy atom. The van der Waals surface area contributed by atoms with Gasteiger partial charge in [-0.1, -0.05) is 18.7 Å². The Hall–Kier alpha value is -0.800. The van der Waals surface area contributed by atoms with Gasteiger partial charge in [0.05, 0.1) is 4.47 Å². The molecule has 82 valence electrons. The molecule has 0 spiro atoms. The monoisotopic (exact) mass is 269 g/mol. The lowest BCUT2D eigenvalue weighted by Gasteiger charge is -2.09. The Morgan fingerprint density at radius 1 is 1.60 bits per heavy atom. The van der Waals surface area contributed by atoms with Gasteiger partial charge in [0.2, 0.25) is 0 Å². The second-order valence-electron chi connectivity index (χ2n) is 3.55. The van der Waals surface area contributed by atoms with Crippen molar-refractivity contribution < 1.29 is 4.74 Å². The first kappa shape index (κ1) is 12.3. The highest BCUT2D eigenvalue weighted by Crippen LogP contribution is 2.26. The summed E-state index contributed by atoms with van der Waals surface area (Å²) in [7, 11) is 0. The highest BCUT2D eigenvalue weighted by molar-refractivity contribution is 9.10. The molecule has 1 aromatic carbocycles. The molecule has 15 heavy (non-hydrogen) atoms. The number of hydrogen-bond acceptors (Lipinski definition) is 2. The van der Waals surface area contributed by atoms with Crippen molar-refractivity contribution in [3.63, 3.8) is 0 Å². The lowest BCUT2D eigenvalue weighted by molar-refractivity contribution is 0.361. The van der Waals surface area contributed by atoms with Gasteiger partial charge >= 0.3 is 0 Å². The van der Waals surface area contributed by atoms with Crippen LogP contribution in [0.4, 0.5) is 0 Å². The van der Waals surface area contributed by atoms with Crippen LogP contribution >= 0.6 is 15.9 Å². The third kappa shape index (κ3) is 4.06. The molecule has 0 aliphatic heterocycles. The Morgan fingerprint density at radius 3 is 2.87 bits per heavy atom. The van der Waals surface area contributed by atoms with E-state index in [1.54, 1.807) is 6.08 Å². The quantitative estimate of drug-likeness (QED) is 0.835. The Kier molecular flexibility index (Phi) is 4.85. The Bertz CT molecular complexity index is 336. The van der Waals surface area contributed by atoms with Crippen LogP contribution in [-0.4, -0.2) is 12.6 Å². The lowest BCUT2D eigenvalue weighted by atomic mass is 10.1. The van der Waals surface area contributed by atoms with E-state index in [2.05, 4.69) is 22.5 Å². The van der Waals surface area contributed by atoms with Crippen molar-refractivity contribution in [3.8, 4) is 5.75 Å². The summed E-state index contributed by atoms with van der Waals surface area (Å²) < 4.78 is 6.41. The fraction of sp³-hybridized carbons (Fsp3) is 0.333. The van der Waals surface area contributed by atoms with E-state index in [0.717, 1.165) is 16.6 Å². The van der Waals surface area contributed by atoms with E-state index in [1.807, 2.05) is 25.1 Å². The van der Waals surface area contributed by atoms with Crippen LogP contribution in [-0.2, 0) is 6.42 Å². The van der Waals surface area contributed by atoms with Crippen LogP contribution < -0.4 is 10.5 Å². The molecular formula is C12H16BrNO. The summed E-state index contributed by atoms with van der Waals surface area (Å²) in [6, 6.07) is 6.21. The third-order valence-electron chi connectivity index (χ3n) is 1.91. The van der Waals surface area contributed by atoms with E-state index in [-0.39, 0.29) is 6.04 Å². The number of benzene rings is 1. The zero-order valence-electron chi connectivity index (χ0n) is 8.87. The maximum absolute atomic E-state index is 5.73. The van der Waals surface area contributed by atoms with Crippen LogP contribution in [0.15, 0.2) is 35.3 Å². The van der Waals surface area contributed by atoms with Crippen LogP contribution in [0.1, 0.15) is 12.5 Å². The van der Waals surface area contributed by atoms with Crippen molar-refractivity contribution >= 4 is 15.9 Å². The van der Waals surface area contributed by atoms with E-state index in [1.165, 1.54) is 5.56 Å². The fourth-order valence-electron chi connectivity index (χ4n) is 1.31. The fourth-order valence-corrected chi connectivity index (χ4v) is 1.85. The molecular weight excluding hydrogens is 254 g/mol. The van der Waals surface area contributed by atoms with E-state index in [0.29, 0.717) is 6.61 Å². The summed E-state index contributed by atoms with van der Waals surface area (Å²) in [6.07, 6.45) is 2.60. The highest BCUT2D eigenvalue weighted by Gasteiger charge is 2.03. The number of halogens is 1. The van der Waals surface area contributed by atoms with Crippen LogP contribution in [0.5, 0.6) is 5.75 Å². The second kappa shape index (κ2) is 5.93. The molecule has 0 aliphatic carbocycles. The standard InChI is InChI=1S/C12H16BrNO/c1-3-6-15-12-5-4-10(7-9(2)14)8-11(12)13/h3-5,8-9H,1,6-7,14H2,2H3. The molecule has 1 atom stereocenters. The lowest BCUT2D eigenvalue weighted by Crippen LogP contribution is -2.17. The maximum atomic E-state index is 5.73. The molecule has 0 radical (unpaired) electrons. The molecule has 0 saturated carbocycles. The normalized spacial score (nSPS) is 12.2. The minimum atomic E-state index is 0.178. The Balaban J connectivity index is 2.73. The molecule has 0 bridgehead atoms. The number of nitrogens with two attached hydrogens (primary N) is 1. The van der Waals surface area contributed by atoms with Gasteiger partial charge in [0.25, 0.3) is 0 Å². The molecule has 0 aliphatic rings. The van der Waals surface area contributed by atoms with Gasteiger partial charge in [-0.2, -0.15) is 0 Å². The largest absolute Gasteiger partial charge is 0.488 e. The molecule has 1 aromatic rings. The van der Waals surface area contributed by atoms with E-state index < -0.39 is 0 Å². The predicted molar refractivity (Wildman–Crippen MR) is 67.2 cm³/mol. The Labute approximate surface area is 99.3 Å². The molecule has 3 heteroatoms. The van der Waals surface area contributed by atoms with Crippen molar-refractivity contribution in [2.75, 3.05) is 6.61 Å². The summed E-state index contributed by atoms with van der Waals surface area (Å²) in [5, 5.41) is 0. The second-order valence-corrected chi connectivity index (χ2v) is 4.40. The van der Waals surface area contributed by atoms with Crippen LogP contribution in [0.3, 0.4) is 0 Å². The summed E-state index contributed by atoms with van der Waals surface area (Å²) in [5.41, 5.74) is 6.94. The van der Waals surface area contributed by atoms with E-state index in [9.17, 15) is 0 Å². The molecule has 2 N–H and O–H groups in total. The van der Waals surface area contributed by atoms with Gasteiger partial charge in [-0.3, -0.25) is 0 Å². The van der Waals surface area contributed by atoms with E-state index in [4.69, 9.17) is 10.5 Å². The number of rotatable bonds is 5. The molecule has 0 heterocycles. The molecule has 2 nitrogen and oxygen atoms in total. The highest BCUT2D eigenvalue weighted by atomic mass is 79.9. The third-order valence-corrected chi connectivity index (χ3v) is 2.53. The van der Waals surface area contributed by atoms with Gasteiger partial charge in [-0.15, -0.1) is 0 Å². The number of hydrogen-bond donors (Lipinski definition) is 1. The van der Waals surface area contributed by atoms with Crippen molar-refractivity contribution in [1.29, 1.82) is 0 Å². The van der Waals surface area contributed by atoms with Crippen molar-refractivity contribution in [3.05, 3.63) is 40.9 Å². The van der Waals surface area contributed by atoms with Crippen molar-refractivity contribution in [2.45, 2.75) is 19.4 Å². The first-order valence-corrected chi connectivity index (χ1v) is 5.70. The summed E-state index contributed by atoms with van der Waals surface area (Å²) >= 11 is 3.47. The van der Waals surface area contributed by atoms with Crippen LogP contribution in [0.25, 0.3) is 0 Å². The van der Waals surface area contributed by atoms with Gasteiger partial charge in [-0.05, 0) is 47.0 Å². The molecule has 1 unspecified atom stereocenters. The average Bonchev–Trinajstić information content (AvgIpc) is 2.15. The summed E-state index contributed by atoms with van der Waals surface area (Å²) in [4.78, 5) is 0. The van der Waals surface area contributed by atoms with Crippen molar-refractivity contribution in [2.24, 2.45) is 5.73 Å². The van der Waals surface area contributed by atoms with Crippen molar-refractivity contribution in [1.82, 2.24) is 0 Å². The molecule has 0 saturated heterocycles. The molecule has 0 aromatic heterocycles. The maximum Gasteiger partial charge on any atom is 0.133 e. The van der Waals surface area contributed by atoms with Crippen LogP contribution in [0, 0.1) is 0 Å². The zero-order chi connectivity index (χ0) is 11.3. The molecule has 0 amide bonds. The summed E-state index contributed by atoms with van der Waals surface area (Å²) in [5.74, 6) is 0.836. The average molecular weight is 270 g/mol. The minimum Gasteiger partial charge on any atom is -0.488 e. The molecule has 1 rings (SSSR count). The van der Waals surface area contributed by atoms with Gasteiger partial charge in [0.15, 0.2) is 0 Å². The van der Waals surface area contributed by atoms with Gasteiger partial charge in [0.1, 0.15) is 12.4 Å². The van der Waals surface area contributed by atoms with E-state index >= 15 is 0 Å². The van der Waals surface area contributed by atoms with Gasteiger partial charge in [0, 0.05) is 6.04 Å². The van der Waals surface area contributed by atoms with Gasteiger partial charge < -0.3 is 10.5 Å². The SMILES string of the molecule is C=CCOc1ccc(CC(C)N)cc1Br. The minimum absolute atomic E-state index is 0.178. The van der Waals surface area contributed by atoms with Gasteiger partial charge in [-0.25, -0.2) is 0 Å². The topological polar surface area (TPSA) is 35.2 Å². The first-order chi connectivity index (χ1) is 7.13. The smallest absolute Gasteiger partial charge is 0.133 e. The van der Waals surface area contributed by atoms with Crippen LogP contribution in [0.2, 0.25) is 0 Å².